The Balaban J connectivity index is 1.75. The van der Waals surface area contributed by atoms with Crippen molar-refractivity contribution in [1.82, 2.24) is 0 Å². The van der Waals surface area contributed by atoms with Gasteiger partial charge in [0.2, 0.25) is 0 Å². The van der Waals surface area contributed by atoms with E-state index in [9.17, 15) is 0 Å². The summed E-state index contributed by atoms with van der Waals surface area (Å²) in [4.78, 5) is 0. The molecule has 2 rings (SSSR count). The summed E-state index contributed by atoms with van der Waals surface area (Å²) < 4.78 is 17.7. The van der Waals surface area contributed by atoms with Gasteiger partial charge >= 0.3 is 0 Å². The molecule has 0 amide bonds. The molecule has 0 aromatic rings. The number of rotatable bonds is 10. The number of hydrogen-bond donors (Lipinski definition) is 0. The van der Waals surface area contributed by atoms with E-state index in [2.05, 4.69) is 41.5 Å². The maximum atomic E-state index is 6.18. The maximum Gasteiger partial charge on any atom is 0.0837 e. The summed E-state index contributed by atoms with van der Waals surface area (Å²) in [5.74, 6) is 0.619. The van der Waals surface area contributed by atoms with Crippen LogP contribution in [0.25, 0.3) is 0 Å². The fraction of sp³-hybridized carbons (Fsp3) is 1.00. The van der Waals surface area contributed by atoms with E-state index in [1.54, 1.807) is 0 Å². The van der Waals surface area contributed by atoms with Crippen LogP contribution in [0.5, 0.6) is 0 Å². The van der Waals surface area contributed by atoms with E-state index in [4.69, 9.17) is 14.2 Å². The third kappa shape index (κ3) is 4.43. The lowest BCUT2D eigenvalue weighted by Crippen LogP contribution is -2.37. The third-order valence-electron chi connectivity index (χ3n) is 5.54. The molecule has 1 heterocycles. The lowest BCUT2D eigenvalue weighted by molar-refractivity contribution is -0.0858. The van der Waals surface area contributed by atoms with Crippen LogP contribution in [0.4, 0.5) is 0 Å². The maximum absolute atomic E-state index is 6.18. The van der Waals surface area contributed by atoms with Crippen molar-refractivity contribution in [1.29, 1.82) is 0 Å². The molecular formula is C18H34O3. The zero-order chi connectivity index (χ0) is 15.7. The highest BCUT2D eigenvalue weighted by molar-refractivity contribution is 5.09. The minimum absolute atomic E-state index is 0.0556. The van der Waals surface area contributed by atoms with Gasteiger partial charge in [-0.2, -0.15) is 0 Å². The molecule has 3 nitrogen and oxygen atoms in total. The summed E-state index contributed by atoms with van der Waals surface area (Å²) in [6.45, 7) is 16.0. The molecule has 0 spiro atoms. The average Bonchev–Trinajstić information content (AvgIpc) is 3.26. The molecule has 124 valence electrons. The van der Waals surface area contributed by atoms with Crippen molar-refractivity contribution in [3.8, 4) is 0 Å². The molecule has 3 unspecified atom stereocenters. The van der Waals surface area contributed by atoms with Crippen molar-refractivity contribution in [3.63, 3.8) is 0 Å². The van der Waals surface area contributed by atoms with Gasteiger partial charge in [-0.3, -0.25) is 0 Å². The summed E-state index contributed by atoms with van der Waals surface area (Å²) in [6.07, 6.45) is 4.99. The minimum atomic E-state index is -0.0716. The first-order valence-corrected chi connectivity index (χ1v) is 8.60. The van der Waals surface area contributed by atoms with Gasteiger partial charge in [0.15, 0.2) is 0 Å². The minimum Gasteiger partial charge on any atom is -0.375 e. The van der Waals surface area contributed by atoms with Crippen molar-refractivity contribution < 1.29 is 14.2 Å². The monoisotopic (exact) mass is 298 g/mol. The summed E-state index contributed by atoms with van der Waals surface area (Å²) in [7, 11) is 0. The predicted molar refractivity (Wildman–Crippen MR) is 85.5 cm³/mol. The van der Waals surface area contributed by atoms with Gasteiger partial charge in [-0.05, 0) is 46.5 Å². The highest BCUT2D eigenvalue weighted by atomic mass is 16.6. The van der Waals surface area contributed by atoms with E-state index in [-0.39, 0.29) is 16.6 Å². The van der Waals surface area contributed by atoms with E-state index >= 15 is 0 Å². The number of ether oxygens (including phenoxy) is 3. The standard InChI is InChI=1S/C18H34O3/c1-7-8-9-20-17(4,5)18(6)10-14(18)12-21-16(2,3)11-15-13-19-15/h14-15H,7-13H2,1-6H3. The molecular weight excluding hydrogens is 264 g/mol. The Kier molecular flexibility index (Phi) is 5.07. The summed E-state index contributed by atoms with van der Waals surface area (Å²) >= 11 is 0. The molecule has 0 aromatic carbocycles. The molecule has 0 N–H and O–H groups in total. The Bertz CT molecular complexity index is 346. The zero-order valence-electron chi connectivity index (χ0n) is 14.8. The van der Waals surface area contributed by atoms with E-state index in [1.165, 1.54) is 12.8 Å². The van der Waals surface area contributed by atoms with Crippen molar-refractivity contribution in [3.05, 3.63) is 0 Å². The van der Waals surface area contributed by atoms with Crippen LogP contribution >= 0.6 is 0 Å². The Morgan fingerprint density at radius 1 is 1.19 bits per heavy atom. The van der Waals surface area contributed by atoms with Crippen LogP contribution in [0.15, 0.2) is 0 Å². The van der Waals surface area contributed by atoms with Crippen LogP contribution < -0.4 is 0 Å². The molecule has 1 saturated carbocycles. The smallest absolute Gasteiger partial charge is 0.0837 e. The van der Waals surface area contributed by atoms with E-state index in [0.717, 1.165) is 32.7 Å². The fourth-order valence-corrected chi connectivity index (χ4v) is 3.19. The van der Waals surface area contributed by atoms with Crippen LogP contribution in [-0.4, -0.2) is 37.1 Å². The van der Waals surface area contributed by atoms with E-state index < -0.39 is 0 Å². The number of hydrogen-bond acceptors (Lipinski definition) is 3. The van der Waals surface area contributed by atoms with Crippen LogP contribution in [-0.2, 0) is 14.2 Å². The number of unbranched alkanes of at least 4 members (excludes halogenated alkanes) is 1. The van der Waals surface area contributed by atoms with E-state index in [1.807, 2.05) is 0 Å². The average molecular weight is 298 g/mol. The predicted octanol–water partition coefficient (Wildman–Crippen LogP) is 4.19. The highest BCUT2D eigenvalue weighted by Gasteiger charge is 2.60. The first-order chi connectivity index (χ1) is 9.70. The lowest BCUT2D eigenvalue weighted by atomic mass is 9.87. The Hall–Kier alpha value is -0.120. The van der Waals surface area contributed by atoms with Gasteiger partial charge in [0.1, 0.15) is 0 Å². The van der Waals surface area contributed by atoms with Gasteiger partial charge in [-0.25, -0.2) is 0 Å². The van der Waals surface area contributed by atoms with Gasteiger partial charge < -0.3 is 14.2 Å². The van der Waals surface area contributed by atoms with Crippen molar-refractivity contribution >= 4 is 0 Å². The largest absolute Gasteiger partial charge is 0.375 e. The third-order valence-corrected chi connectivity index (χ3v) is 5.54. The normalized spacial score (nSPS) is 32.3. The Morgan fingerprint density at radius 3 is 2.43 bits per heavy atom. The second-order valence-corrected chi connectivity index (χ2v) is 8.26. The second-order valence-electron chi connectivity index (χ2n) is 8.26. The first-order valence-electron chi connectivity index (χ1n) is 8.60. The van der Waals surface area contributed by atoms with E-state index in [0.29, 0.717) is 12.0 Å². The first kappa shape index (κ1) is 17.2. The summed E-state index contributed by atoms with van der Waals surface area (Å²) in [5, 5.41) is 0. The van der Waals surface area contributed by atoms with Crippen molar-refractivity contribution in [2.75, 3.05) is 19.8 Å². The molecule has 1 aliphatic heterocycles. The van der Waals surface area contributed by atoms with Gasteiger partial charge in [0, 0.05) is 18.4 Å². The molecule has 3 heteroatoms. The van der Waals surface area contributed by atoms with Gasteiger partial charge in [-0.15, -0.1) is 0 Å². The molecule has 1 saturated heterocycles. The van der Waals surface area contributed by atoms with Gasteiger partial charge in [-0.1, -0.05) is 20.3 Å². The van der Waals surface area contributed by atoms with Crippen LogP contribution in [0.2, 0.25) is 0 Å². The molecule has 21 heavy (non-hydrogen) atoms. The Labute approximate surface area is 130 Å². The summed E-state index contributed by atoms with van der Waals surface area (Å²) in [5.41, 5.74) is 0.130. The lowest BCUT2D eigenvalue weighted by Gasteiger charge is -2.34. The molecule has 0 aromatic heterocycles. The quantitative estimate of drug-likeness (QED) is 0.447. The molecule has 1 aliphatic carbocycles. The SMILES string of the molecule is CCCCOC(C)(C)C1(C)CC1COC(C)(C)CC1CO1. The molecule has 2 aliphatic rings. The topological polar surface area (TPSA) is 31.0 Å². The summed E-state index contributed by atoms with van der Waals surface area (Å²) in [6, 6.07) is 0. The fourth-order valence-electron chi connectivity index (χ4n) is 3.19. The molecule has 0 radical (unpaired) electrons. The van der Waals surface area contributed by atoms with Gasteiger partial charge in [0.25, 0.3) is 0 Å². The number of epoxide rings is 1. The van der Waals surface area contributed by atoms with Crippen LogP contribution in [0.3, 0.4) is 0 Å². The molecule has 0 bridgehead atoms. The molecule has 2 fully saturated rings. The van der Waals surface area contributed by atoms with Crippen molar-refractivity contribution in [2.24, 2.45) is 11.3 Å². The second kappa shape index (κ2) is 6.17. The Morgan fingerprint density at radius 2 is 1.86 bits per heavy atom. The van der Waals surface area contributed by atoms with Gasteiger partial charge in [0.05, 0.1) is 30.5 Å². The van der Waals surface area contributed by atoms with Crippen LogP contribution in [0, 0.1) is 11.3 Å². The highest BCUT2D eigenvalue weighted by Crippen LogP contribution is 2.60. The molecule has 3 atom stereocenters. The van der Waals surface area contributed by atoms with Crippen LogP contribution in [0.1, 0.15) is 67.2 Å². The van der Waals surface area contributed by atoms with Crippen molar-refractivity contribution in [2.45, 2.75) is 84.5 Å². The zero-order valence-corrected chi connectivity index (χ0v) is 14.8.